The van der Waals surface area contributed by atoms with Gasteiger partial charge in [0, 0.05) is 12.0 Å². The zero-order chi connectivity index (χ0) is 22.3. The summed E-state index contributed by atoms with van der Waals surface area (Å²) in [6.45, 7) is 2.37. The molecule has 0 aromatic heterocycles. The van der Waals surface area contributed by atoms with Gasteiger partial charge in [0.2, 0.25) is 0 Å². The molecule has 7 heteroatoms. The average molecular weight is 430 g/mol. The highest BCUT2D eigenvalue weighted by atomic mass is 16.5. The molecule has 3 aromatic rings. The van der Waals surface area contributed by atoms with Crippen LogP contribution in [0, 0.1) is 0 Å². The predicted molar refractivity (Wildman–Crippen MR) is 118 cm³/mol. The number of nitrogens with one attached hydrogen (secondary N) is 1. The fourth-order valence-corrected chi connectivity index (χ4v) is 4.21. The van der Waals surface area contributed by atoms with Gasteiger partial charge < -0.3 is 14.8 Å². The predicted octanol–water partition coefficient (Wildman–Crippen LogP) is 3.65. The molecule has 1 saturated heterocycles. The average Bonchev–Trinajstić information content (AvgIpc) is 2.96. The monoisotopic (exact) mass is 430 g/mol. The molecule has 5 rings (SSSR count). The molecule has 3 amide bonds. The van der Waals surface area contributed by atoms with Crippen molar-refractivity contribution >= 4 is 28.5 Å². The second-order valence-corrected chi connectivity index (χ2v) is 8.11. The van der Waals surface area contributed by atoms with E-state index in [9.17, 15) is 14.4 Å². The minimum Gasteiger partial charge on any atom is -0.490 e. The molecule has 0 radical (unpaired) electrons. The number of benzene rings is 3. The molecule has 0 saturated carbocycles. The maximum absolute atomic E-state index is 13.3. The highest BCUT2D eigenvalue weighted by Gasteiger charge is 2.49. The number of nitrogens with zero attached hydrogens (tertiary/aromatic N) is 1. The van der Waals surface area contributed by atoms with Crippen LogP contribution in [0.25, 0.3) is 10.8 Å². The number of Topliss-reactive ketones (excluding diaryl/α,β-unsaturated/α-hetero) is 1. The van der Waals surface area contributed by atoms with Crippen molar-refractivity contribution in [2.24, 2.45) is 0 Å². The summed E-state index contributed by atoms with van der Waals surface area (Å²) in [5.41, 5.74) is -0.256. The summed E-state index contributed by atoms with van der Waals surface area (Å²) in [5.74, 6) is 0.363. The summed E-state index contributed by atoms with van der Waals surface area (Å²) in [6, 6.07) is 17.6. The Balaban J connectivity index is 1.42. The molecule has 0 bridgehead atoms. The van der Waals surface area contributed by atoms with Crippen LogP contribution in [-0.4, -0.2) is 42.4 Å². The van der Waals surface area contributed by atoms with Gasteiger partial charge in [-0.1, -0.05) is 48.5 Å². The van der Waals surface area contributed by atoms with E-state index >= 15 is 0 Å². The van der Waals surface area contributed by atoms with Gasteiger partial charge in [-0.15, -0.1) is 0 Å². The number of fused-ring (bicyclic) bond motifs is 2. The lowest BCUT2D eigenvalue weighted by Crippen LogP contribution is -2.41. The van der Waals surface area contributed by atoms with E-state index in [1.807, 2.05) is 30.3 Å². The van der Waals surface area contributed by atoms with Gasteiger partial charge in [-0.05, 0) is 35.4 Å². The van der Waals surface area contributed by atoms with Crippen molar-refractivity contribution in [1.29, 1.82) is 0 Å². The Hall–Kier alpha value is -3.87. The Morgan fingerprint density at radius 3 is 2.59 bits per heavy atom. The van der Waals surface area contributed by atoms with E-state index in [1.54, 1.807) is 37.3 Å². The first kappa shape index (κ1) is 20.1. The van der Waals surface area contributed by atoms with E-state index in [-0.39, 0.29) is 12.3 Å². The Labute approximate surface area is 184 Å². The van der Waals surface area contributed by atoms with Gasteiger partial charge in [0.25, 0.3) is 5.91 Å². The number of imide groups is 1. The van der Waals surface area contributed by atoms with E-state index in [0.717, 1.165) is 22.1 Å². The van der Waals surface area contributed by atoms with Gasteiger partial charge in [0.1, 0.15) is 5.54 Å². The number of carbonyl (C=O) groups is 3. The Morgan fingerprint density at radius 2 is 1.75 bits per heavy atom. The highest BCUT2D eigenvalue weighted by molar-refractivity contribution is 6.14. The Morgan fingerprint density at radius 1 is 1.00 bits per heavy atom. The molecule has 1 atom stereocenters. The van der Waals surface area contributed by atoms with E-state index in [2.05, 4.69) is 5.32 Å². The first-order chi connectivity index (χ1) is 15.5. The van der Waals surface area contributed by atoms with E-state index < -0.39 is 17.5 Å². The van der Waals surface area contributed by atoms with Crippen molar-refractivity contribution < 1.29 is 23.9 Å². The van der Waals surface area contributed by atoms with E-state index in [1.165, 1.54) is 0 Å². The number of rotatable bonds is 4. The van der Waals surface area contributed by atoms with Crippen LogP contribution in [0.15, 0.2) is 60.7 Å². The smallest absolute Gasteiger partial charge is 0.325 e. The third-order valence-electron chi connectivity index (χ3n) is 5.99. The first-order valence-electron chi connectivity index (χ1n) is 10.5. The molecule has 1 N–H and O–H groups in total. The number of amides is 3. The molecule has 32 heavy (non-hydrogen) atoms. The lowest BCUT2D eigenvalue weighted by molar-refractivity contribution is -0.130. The Bertz CT molecular complexity index is 1250. The molecule has 0 spiro atoms. The fourth-order valence-electron chi connectivity index (χ4n) is 4.21. The number of ketones is 1. The van der Waals surface area contributed by atoms with Crippen molar-refractivity contribution in [3.63, 3.8) is 0 Å². The van der Waals surface area contributed by atoms with Gasteiger partial charge in [0.15, 0.2) is 17.3 Å². The molecule has 162 valence electrons. The van der Waals surface area contributed by atoms with Crippen LogP contribution in [0.4, 0.5) is 4.79 Å². The van der Waals surface area contributed by atoms with Gasteiger partial charge in [0.05, 0.1) is 19.8 Å². The maximum atomic E-state index is 13.3. The van der Waals surface area contributed by atoms with Crippen LogP contribution in [0.2, 0.25) is 0 Å². The minimum absolute atomic E-state index is 0.298. The summed E-state index contributed by atoms with van der Waals surface area (Å²) < 4.78 is 11.4. The van der Waals surface area contributed by atoms with Gasteiger partial charge in [-0.2, -0.15) is 0 Å². The molecular weight excluding hydrogens is 408 g/mol. The summed E-state index contributed by atoms with van der Waals surface area (Å²) in [7, 11) is 0. The Kier molecular flexibility index (Phi) is 4.81. The van der Waals surface area contributed by atoms with Crippen LogP contribution in [0.3, 0.4) is 0 Å². The number of hydrogen-bond acceptors (Lipinski definition) is 5. The largest absolute Gasteiger partial charge is 0.490 e. The summed E-state index contributed by atoms with van der Waals surface area (Å²) >= 11 is 0. The van der Waals surface area contributed by atoms with Gasteiger partial charge in [-0.3, -0.25) is 14.5 Å². The van der Waals surface area contributed by atoms with Crippen LogP contribution >= 0.6 is 0 Å². The van der Waals surface area contributed by atoms with Crippen molar-refractivity contribution in [1.82, 2.24) is 10.2 Å². The van der Waals surface area contributed by atoms with Crippen molar-refractivity contribution in [2.75, 3.05) is 19.8 Å². The zero-order valence-corrected chi connectivity index (χ0v) is 17.6. The molecule has 0 aliphatic carbocycles. The van der Waals surface area contributed by atoms with Crippen LogP contribution in [-0.2, 0) is 10.3 Å². The normalized spacial score (nSPS) is 20.2. The second kappa shape index (κ2) is 7.67. The minimum atomic E-state index is -1.30. The number of carbonyl (C=O) groups excluding carboxylic acids is 3. The quantitative estimate of drug-likeness (QED) is 0.505. The molecule has 1 unspecified atom stereocenters. The topological polar surface area (TPSA) is 84.9 Å². The lowest BCUT2D eigenvalue weighted by atomic mass is 9.91. The van der Waals surface area contributed by atoms with Crippen molar-refractivity contribution in [3.05, 3.63) is 71.8 Å². The fraction of sp³-hybridized carbons (Fsp3) is 0.240. The standard InChI is InChI=1S/C25H22N2O5/c1-25(17-10-11-21-22(14-17)32-13-5-12-31-21)23(29)27(24(30)26-25)15-20(28)19-9-4-7-16-6-2-3-8-18(16)19/h2-4,6-11,14H,5,12-13,15H2,1H3,(H,26,30). The molecule has 7 nitrogen and oxygen atoms in total. The maximum Gasteiger partial charge on any atom is 0.325 e. The molecule has 2 aliphatic heterocycles. The molecule has 1 fully saturated rings. The summed E-state index contributed by atoms with van der Waals surface area (Å²) in [5, 5.41) is 4.46. The second-order valence-electron chi connectivity index (χ2n) is 8.11. The van der Waals surface area contributed by atoms with Crippen LogP contribution < -0.4 is 14.8 Å². The number of hydrogen-bond donors (Lipinski definition) is 1. The summed E-state index contributed by atoms with van der Waals surface area (Å²) in [6.07, 6.45) is 0.765. The van der Waals surface area contributed by atoms with Crippen LogP contribution in [0.1, 0.15) is 29.3 Å². The highest BCUT2D eigenvalue weighted by Crippen LogP contribution is 2.36. The lowest BCUT2D eigenvalue weighted by Gasteiger charge is -2.23. The number of urea groups is 1. The molecular formula is C25H22N2O5. The van der Waals surface area contributed by atoms with Gasteiger partial charge in [-0.25, -0.2) is 4.79 Å². The SMILES string of the molecule is CC1(c2ccc3c(c2)OCCCO3)NC(=O)N(CC(=O)c2cccc3ccccc23)C1=O. The molecule has 2 aliphatic rings. The van der Waals surface area contributed by atoms with Crippen molar-refractivity contribution in [3.8, 4) is 11.5 Å². The first-order valence-corrected chi connectivity index (χ1v) is 10.5. The van der Waals surface area contributed by atoms with E-state index in [0.29, 0.717) is 35.8 Å². The summed E-state index contributed by atoms with van der Waals surface area (Å²) in [4.78, 5) is 40.1. The van der Waals surface area contributed by atoms with E-state index in [4.69, 9.17) is 9.47 Å². The third kappa shape index (κ3) is 3.26. The number of ether oxygens (including phenoxy) is 2. The zero-order valence-electron chi connectivity index (χ0n) is 17.6. The molecule has 3 aromatic carbocycles. The van der Waals surface area contributed by atoms with Gasteiger partial charge >= 0.3 is 6.03 Å². The third-order valence-corrected chi connectivity index (χ3v) is 5.99. The van der Waals surface area contributed by atoms with Crippen LogP contribution in [0.5, 0.6) is 11.5 Å². The van der Waals surface area contributed by atoms with Crippen molar-refractivity contribution in [2.45, 2.75) is 18.9 Å². The molecule has 2 heterocycles.